The van der Waals surface area contributed by atoms with E-state index in [9.17, 15) is 30.6 Å². The van der Waals surface area contributed by atoms with Gasteiger partial charge in [0.1, 0.15) is 24.4 Å². The minimum absolute atomic E-state index is 0.116. The molecule has 3 fully saturated rings. The highest BCUT2D eigenvalue weighted by molar-refractivity contribution is 4.99. The maximum atomic E-state index is 11.4. The van der Waals surface area contributed by atoms with Crippen molar-refractivity contribution in [2.24, 2.45) is 5.92 Å². The lowest BCUT2D eigenvalue weighted by molar-refractivity contribution is -0.303. The molecule has 9 atom stereocenters. The first-order valence-electron chi connectivity index (χ1n) is 21.5. The van der Waals surface area contributed by atoms with Crippen molar-refractivity contribution in [2.45, 2.75) is 216 Å². The molecule has 11 heteroatoms. The maximum Gasteiger partial charge on any atom is 0.186 e. The maximum absolute atomic E-state index is 11.4. The summed E-state index contributed by atoms with van der Waals surface area (Å²) < 4.78 is 22.6. The van der Waals surface area contributed by atoms with E-state index in [1.807, 2.05) is 0 Å². The molecule has 3 saturated heterocycles. The van der Waals surface area contributed by atoms with Crippen LogP contribution in [-0.2, 0) is 18.9 Å². The summed E-state index contributed by atoms with van der Waals surface area (Å²) in [6.45, 7) is 4.46. The van der Waals surface area contributed by atoms with Crippen LogP contribution < -0.4 is 5.32 Å². The first kappa shape index (κ1) is 45.9. The highest BCUT2D eigenvalue weighted by Crippen LogP contribution is 2.28. The van der Waals surface area contributed by atoms with Crippen molar-refractivity contribution in [3.63, 3.8) is 0 Å². The average molecular weight is 746 g/mol. The van der Waals surface area contributed by atoms with Gasteiger partial charge in [-0.1, -0.05) is 135 Å². The van der Waals surface area contributed by atoms with Crippen LogP contribution in [0.15, 0.2) is 0 Å². The van der Waals surface area contributed by atoms with E-state index in [4.69, 9.17) is 18.9 Å². The fourth-order valence-corrected chi connectivity index (χ4v) is 8.07. The van der Waals surface area contributed by atoms with Crippen LogP contribution in [0.2, 0.25) is 0 Å². The molecule has 0 amide bonds. The second-order valence-electron chi connectivity index (χ2n) is 16.4. The summed E-state index contributed by atoms with van der Waals surface area (Å²) in [7, 11) is 0. The van der Waals surface area contributed by atoms with Gasteiger partial charge in [-0.25, -0.2) is 0 Å². The van der Waals surface area contributed by atoms with Crippen LogP contribution in [0.3, 0.4) is 0 Å². The van der Waals surface area contributed by atoms with Crippen molar-refractivity contribution >= 4 is 0 Å². The summed E-state index contributed by atoms with van der Waals surface area (Å²) in [5, 5.41) is 66.7. The number of aliphatic hydroxyl groups is 6. The molecule has 0 bridgehead atoms. The Morgan fingerprint density at radius 2 is 1.29 bits per heavy atom. The lowest BCUT2D eigenvalue weighted by Crippen LogP contribution is -2.67. The Morgan fingerprint density at radius 3 is 1.83 bits per heavy atom. The Labute approximate surface area is 315 Å². The second kappa shape index (κ2) is 27.2. The third-order valence-electron chi connectivity index (χ3n) is 11.7. The summed E-state index contributed by atoms with van der Waals surface area (Å²) in [5.41, 5.74) is -0.357. The van der Waals surface area contributed by atoms with Crippen molar-refractivity contribution in [3.8, 4) is 0 Å². The van der Waals surface area contributed by atoms with Crippen molar-refractivity contribution in [1.82, 2.24) is 5.32 Å². The Balaban J connectivity index is 1.41. The van der Waals surface area contributed by atoms with Gasteiger partial charge in [0.25, 0.3) is 0 Å². The summed E-state index contributed by atoms with van der Waals surface area (Å²) in [5.74, 6) is 0.777. The zero-order valence-electron chi connectivity index (χ0n) is 32.7. The summed E-state index contributed by atoms with van der Waals surface area (Å²) in [6.07, 6.45) is 19.2. The highest BCUT2D eigenvalue weighted by Gasteiger charge is 2.46. The molecule has 7 N–H and O–H groups in total. The molecular formula is C41H79NO10. The molecule has 0 aromatic carbocycles. The first-order chi connectivity index (χ1) is 25.3. The Morgan fingerprint density at radius 1 is 0.712 bits per heavy atom. The third-order valence-corrected chi connectivity index (χ3v) is 11.7. The number of ether oxygens (including phenoxy) is 4. The van der Waals surface area contributed by atoms with Gasteiger partial charge in [0.15, 0.2) is 6.29 Å². The second-order valence-corrected chi connectivity index (χ2v) is 16.4. The van der Waals surface area contributed by atoms with Gasteiger partial charge in [-0.15, -0.1) is 0 Å². The number of rotatable bonds is 32. The van der Waals surface area contributed by atoms with Crippen LogP contribution >= 0.6 is 0 Å². The van der Waals surface area contributed by atoms with E-state index < -0.39 is 55.6 Å². The largest absolute Gasteiger partial charge is 0.394 e. The van der Waals surface area contributed by atoms with Crippen LogP contribution in [-0.4, -0.2) is 125 Å². The average Bonchev–Trinajstić information content (AvgIpc) is 3.66. The molecule has 11 nitrogen and oxygen atoms in total. The predicted molar refractivity (Wildman–Crippen MR) is 203 cm³/mol. The van der Waals surface area contributed by atoms with Gasteiger partial charge in [0.05, 0.1) is 50.2 Å². The standard InChI is InChI=1S/C41H79NO10/c1-2-3-4-5-6-7-8-9-10-14-17-20-23-34(44)36(45)33(29-51-40-39(48)38(47)37(46)35(27-43)52-40)42-41(30-50-31-41)25-21-18-15-12-11-13-16-19-22-32-24-26-49-28-32/h32-40,42-48H,2-31H2,1H3/t32?,33-,34+,35?,36-,37?,38?,39?,40?/m0/s1. The van der Waals surface area contributed by atoms with Gasteiger partial charge in [-0.3, -0.25) is 5.32 Å². The minimum atomic E-state index is -1.55. The van der Waals surface area contributed by atoms with E-state index in [2.05, 4.69) is 12.2 Å². The van der Waals surface area contributed by atoms with Gasteiger partial charge in [0.2, 0.25) is 0 Å². The van der Waals surface area contributed by atoms with Crippen LogP contribution in [0, 0.1) is 5.92 Å². The zero-order valence-corrected chi connectivity index (χ0v) is 32.7. The topological polar surface area (TPSA) is 170 Å². The molecule has 3 heterocycles. The molecule has 308 valence electrons. The Bertz CT molecular complexity index is 857. The molecular weight excluding hydrogens is 666 g/mol. The molecule has 3 aliphatic rings. The minimum Gasteiger partial charge on any atom is -0.394 e. The lowest BCUT2D eigenvalue weighted by atomic mass is 9.87. The molecule has 3 rings (SSSR count). The number of nitrogens with one attached hydrogen (secondary N) is 1. The Hall–Kier alpha value is -0.440. The van der Waals surface area contributed by atoms with E-state index in [0.29, 0.717) is 19.6 Å². The zero-order chi connectivity index (χ0) is 37.4. The number of hydrogen-bond donors (Lipinski definition) is 7. The van der Waals surface area contributed by atoms with E-state index in [0.717, 1.165) is 57.7 Å². The highest BCUT2D eigenvalue weighted by atomic mass is 16.7. The molecule has 3 aliphatic heterocycles. The van der Waals surface area contributed by atoms with E-state index in [1.165, 1.54) is 109 Å². The van der Waals surface area contributed by atoms with Gasteiger partial charge < -0.3 is 49.6 Å². The predicted octanol–water partition coefficient (Wildman–Crippen LogP) is 5.28. The van der Waals surface area contributed by atoms with Gasteiger partial charge >= 0.3 is 0 Å². The monoisotopic (exact) mass is 746 g/mol. The number of hydrogen-bond acceptors (Lipinski definition) is 11. The fraction of sp³-hybridized carbons (Fsp3) is 1.00. The van der Waals surface area contributed by atoms with E-state index in [-0.39, 0.29) is 12.1 Å². The smallest absolute Gasteiger partial charge is 0.186 e. The molecule has 0 saturated carbocycles. The molecule has 6 unspecified atom stereocenters. The van der Waals surface area contributed by atoms with E-state index >= 15 is 0 Å². The van der Waals surface area contributed by atoms with Crippen LogP contribution in [0.25, 0.3) is 0 Å². The van der Waals surface area contributed by atoms with Gasteiger partial charge in [-0.2, -0.15) is 0 Å². The van der Waals surface area contributed by atoms with Gasteiger partial charge in [0, 0.05) is 13.2 Å². The SMILES string of the molecule is CCCCCCCCCCCCCC[C@@H](O)[C@@H](O)[C@H](COC1OC(CO)C(O)C(O)C1O)NC1(CCCCCCCCCCC2CCOC2)COC1. The van der Waals surface area contributed by atoms with Crippen molar-refractivity contribution in [2.75, 3.05) is 39.6 Å². The van der Waals surface area contributed by atoms with E-state index in [1.54, 1.807) is 0 Å². The molecule has 52 heavy (non-hydrogen) atoms. The number of unbranched alkanes of at least 4 members (excludes halogenated alkanes) is 18. The van der Waals surface area contributed by atoms with Crippen molar-refractivity contribution in [1.29, 1.82) is 0 Å². The van der Waals surface area contributed by atoms with Crippen LogP contribution in [0.1, 0.15) is 161 Å². The summed E-state index contributed by atoms with van der Waals surface area (Å²) in [6, 6.07) is -0.695. The molecule has 0 spiro atoms. The lowest BCUT2D eigenvalue weighted by Gasteiger charge is -2.46. The molecule has 0 aromatic rings. The van der Waals surface area contributed by atoms with Crippen molar-refractivity contribution < 1.29 is 49.6 Å². The first-order valence-corrected chi connectivity index (χ1v) is 21.5. The normalized spacial score (nSPS) is 27.8. The van der Waals surface area contributed by atoms with Crippen LogP contribution in [0.5, 0.6) is 0 Å². The fourth-order valence-electron chi connectivity index (χ4n) is 8.07. The van der Waals surface area contributed by atoms with Gasteiger partial charge in [-0.05, 0) is 31.6 Å². The summed E-state index contributed by atoms with van der Waals surface area (Å²) >= 11 is 0. The molecule has 0 aromatic heterocycles. The molecule has 0 radical (unpaired) electrons. The quantitative estimate of drug-likeness (QED) is 0.0448. The summed E-state index contributed by atoms with van der Waals surface area (Å²) in [4.78, 5) is 0. The number of aliphatic hydroxyl groups excluding tert-OH is 6. The van der Waals surface area contributed by atoms with Crippen LogP contribution in [0.4, 0.5) is 0 Å². The Kier molecular flexibility index (Phi) is 24.0. The van der Waals surface area contributed by atoms with Crippen molar-refractivity contribution in [3.05, 3.63) is 0 Å². The third kappa shape index (κ3) is 17.1. The molecule has 0 aliphatic carbocycles.